The first-order chi connectivity index (χ1) is 10.8. The van der Waals surface area contributed by atoms with Gasteiger partial charge in [0.15, 0.2) is 5.96 Å². The number of nitrogens with one attached hydrogen (secondary N) is 2. The van der Waals surface area contributed by atoms with Crippen LogP contribution < -0.4 is 10.6 Å². The quantitative estimate of drug-likeness (QED) is 0.646. The van der Waals surface area contributed by atoms with Gasteiger partial charge in [0.1, 0.15) is 0 Å². The molecule has 0 aliphatic carbocycles. The van der Waals surface area contributed by atoms with E-state index in [0.717, 1.165) is 25.1 Å². The van der Waals surface area contributed by atoms with E-state index in [0.29, 0.717) is 18.1 Å². The van der Waals surface area contributed by atoms with Crippen LogP contribution in [0.3, 0.4) is 0 Å². The summed E-state index contributed by atoms with van der Waals surface area (Å²) in [6, 6.07) is 5.33. The molecule has 1 saturated heterocycles. The second kappa shape index (κ2) is 7.47. The van der Waals surface area contributed by atoms with Gasteiger partial charge in [-0.2, -0.15) is 24.9 Å². The molecular weight excluding hydrogens is 323 g/mol. The lowest BCUT2D eigenvalue weighted by atomic mass is 10.1. The Balaban J connectivity index is 1.88. The van der Waals surface area contributed by atoms with Gasteiger partial charge in [0, 0.05) is 24.9 Å². The van der Waals surface area contributed by atoms with Crippen LogP contribution >= 0.6 is 11.8 Å². The third-order valence-electron chi connectivity index (χ3n) is 3.87. The molecule has 1 atom stereocenters. The third-order valence-corrected chi connectivity index (χ3v) is 5.41. The summed E-state index contributed by atoms with van der Waals surface area (Å²) in [6.07, 6.45) is -1.93. The van der Waals surface area contributed by atoms with Crippen molar-refractivity contribution in [2.24, 2.45) is 4.99 Å². The van der Waals surface area contributed by atoms with E-state index in [1.165, 1.54) is 18.2 Å². The molecule has 1 aromatic carbocycles. The summed E-state index contributed by atoms with van der Waals surface area (Å²) in [6.45, 7) is 3.31. The number of hydrogen-bond acceptors (Lipinski definition) is 2. The van der Waals surface area contributed by atoms with E-state index in [2.05, 4.69) is 22.5 Å². The standard InChI is InChI=1S/C16H22F3N3S/c1-15(7-4-8-23-15)11-22-14(20-2)21-10-12-5-3-6-13(9-12)16(17,18)19/h3,5-6,9H,4,7-8,10-11H2,1-2H3,(H2,20,21,22). The van der Waals surface area contributed by atoms with Crippen LogP contribution in [-0.2, 0) is 12.7 Å². The molecule has 3 nitrogen and oxygen atoms in total. The van der Waals surface area contributed by atoms with Crippen molar-refractivity contribution in [2.45, 2.75) is 37.2 Å². The summed E-state index contributed by atoms with van der Waals surface area (Å²) in [5.41, 5.74) is -0.0566. The van der Waals surface area contributed by atoms with Gasteiger partial charge < -0.3 is 10.6 Å². The highest BCUT2D eigenvalue weighted by molar-refractivity contribution is 8.00. The highest BCUT2D eigenvalue weighted by Gasteiger charge is 2.30. The lowest BCUT2D eigenvalue weighted by molar-refractivity contribution is -0.137. The van der Waals surface area contributed by atoms with Gasteiger partial charge in [-0.3, -0.25) is 4.99 Å². The van der Waals surface area contributed by atoms with Crippen molar-refractivity contribution in [3.05, 3.63) is 35.4 Å². The molecule has 1 fully saturated rings. The minimum Gasteiger partial charge on any atom is -0.355 e. The maximum absolute atomic E-state index is 12.7. The number of benzene rings is 1. The van der Waals surface area contributed by atoms with Crippen LogP contribution in [-0.4, -0.2) is 30.1 Å². The van der Waals surface area contributed by atoms with Crippen molar-refractivity contribution in [3.63, 3.8) is 0 Å². The van der Waals surface area contributed by atoms with E-state index in [1.54, 1.807) is 13.1 Å². The van der Waals surface area contributed by atoms with Crippen LogP contribution in [0.15, 0.2) is 29.3 Å². The zero-order chi connectivity index (χ0) is 16.9. The second-order valence-electron chi connectivity index (χ2n) is 5.88. The van der Waals surface area contributed by atoms with Crippen molar-refractivity contribution >= 4 is 17.7 Å². The van der Waals surface area contributed by atoms with Gasteiger partial charge in [-0.25, -0.2) is 0 Å². The number of guanidine groups is 1. The summed E-state index contributed by atoms with van der Waals surface area (Å²) < 4.78 is 38.3. The molecule has 2 N–H and O–H groups in total. The first kappa shape index (κ1) is 18.0. The Morgan fingerprint density at radius 1 is 1.35 bits per heavy atom. The molecule has 0 aromatic heterocycles. The molecule has 1 heterocycles. The normalized spacial score (nSPS) is 22.2. The van der Waals surface area contributed by atoms with Gasteiger partial charge in [0.25, 0.3) is 0 Å². The molecule has 1 unspecified atom stereocenters. The minimum absolute atomic E-state index is 0.202. The molecule has 0 bridgehead atoms. The van der Waals surface area contributed by atoms with E-state index in [1.807, 2.05) is 11.8 Å². The number of alkyl halides is 3. The number of nitrogens with zero attached hydrogens (tertiary/aromatic N) is 1. The van der Waals surface area contributed by atoms with Crippen LogP contribution in [0.4, 0.5) is 13.2 Å². The molecule has 1 aromatic rings. The zero-order valence-electron chi connectivity index (χ0n) is 13.3. The summed E-state index contributed by atoms with van der Waals surface area (Å²) >= 11 is 1.95. The van der Waals surface area contributed by atoms with Gasteiger partial charge >= 0.3 is 6.18 Å². The van der Waals surface area contributed by atoms with Gasteiger partial charge in [-0.05, 0) is 43.2 Å². The Hall–Kier alpha value is -1.37. The Bertz CT molecular complexity index is 552. The molecule has 0 saturated carbocycles. The van der Waals surface area contributed by atoms with Crippen LogP contribution in [0.2, 0.25) is 0 Å². The topological polar surface area (TPSA) is 36.4 Å². The van der Waals surface area contributed by atoms with Crippen LogP contribution in [0.1, 0.15) is 30.9 Å². The van der Waals surface area contributed by atoms with E-state index in [-0.39, 0.29) is 4.75 Å². The summed E-state index contributed by atoms with van der Waals surface area (Å²) in [5.74, 6) is 1.78. The average molecular weight is 345 g/mol. The fourth-order valence-electron chi connectivity index (χ4n) is 2.51. The summed E-state index contributed by atoms with van der Waals surface area (Å²) in [4.78, 5) is 4.13. The lowest BCUT2D eigenvalue weighted by Gasteiger charge is -2.24. The second-order valence-corrected chi connectivity index (χ2v) is 7.56. The van der Waals surface area contributed by atoms with Crippen LogP contribution in [0.5, 0.6) is 0 Å². The Labute approximate surface area is 139 Å². The Kier molecular flexibility index (Phi) is 5.84. The van der Waals surface area contributed by atoms with E-state index in [9.17, 15) is 13.2 Å². The molecule has 7 heteroatoms. The third kappa shape index (κ3) is 5.34. The minimum atomic E-state index is -4.32. The van der Waals surface area contributed by atoms with Crippen molar-refractivity contribution < 1.29 is 13.2 Å². The van der Waals surface area contributed by atoms with Crippen LogP contribution in [0.25, 0.3) is 0 Å². The number of halogens is 3. The molecule has 2 rings (SSSR count). The number of hydrogen-bond donors (Lipinski definition) is 2. The average Bonchev–Trinajstić information content (AvgIpc) is 2.94. The maximum Gasteiger partial charge on any atom is 0.416 e. The fourth-order valence-corrected chi connectivity index (χ4v) is 3.76. The number of aliphatic imine (C=N–C) groups is 1. The SMILES string of the molecule is CN=C(NCc1cccc(C(F)(F)F)c1)NCC1(C)CCCS1. The smallest absolute Gasteiger partial charge is 0.355 e. The van der Waals surface area contributed by atoms with Crippen molar-refractivity contribution in [1.82, 2.24) is 10.6 Å². The van der Waals surface area contributed by atoms with Gasteiger partial charge in [0.2, 0.25) is 0 Å². The molecule has 0 spiro atoms. The summed E-state index contributed by atoms with van der Waals surface area (Å²) in [7, 11) is 1.66. The monoisotopic (exact) mass is 345 g/mol. The molecule has 0 radical (unpaired) electrons. The highest BCUT2D eigenvalue weighted by atomic mass is 32.2. The predicted octanol–water partition coefficient (Wildman–Crippen LogP) is 3.66. The number of thioether (sulfide) groups is 1. The van der Waals surface area contributed by atoms with Gasteiger partial charge in [-0.15, -0.1) is 0 Å². The molecule has 128 valence electrons. The van der Waals surface area contributed by atoms with E-state index >= 15 is 0 Å². The zero-order valence-corrected chi connectivity index (χ0v) is 14.2. The highest BCUT2D eigenvalue weighted by Crippen LogP contribution is 2.36. The van der Waals surface area contributed by atoms with Crippen molar-refractivity contribution in [1.29, 1.82) is 0 Å². The largest absolute Gasteiger partial charge is 0.416 e. The Morgan fingerprint density at radius 3 is 2.74 bits per heavy atom. The molecular formula is C16H22F3N3S. The summed E-state index contributed by atoms with van der Waals surface area (Å²) in [5, 5.41) is 6.33. The molecule has 1 aliphatic heterocycles. The lowest BCUT2D eigenvalue weighted by Crippen LogP contribution is -2.43. The number of rotatable bonds is 4. The predicted molar refractivity (Wildman–Crippen MR) is 89.7 cm³/mol. The van der Waals surface area contributed by atoms with E-state index in [4.69, 9.17) is 0 Å². The van der Waals surface area contributed by atoms with Crippen molar-refractivity contribution in [3.8, 4) is 0 Å². The van der Waals surface area contributed by atoms with E-state index < -0.39 is 11.7 Å². The van der Waals surface area contributed by atoms with Crippen molar-refractivity contribution in [2.75, 3.05) is 19.3 Å². The molecule has 23 heavy (non-hydrogen) atoms. The first-order valence-electron chi connectivity index (χ1n) is 7.57. The molecule has 1 aliphatic rings. The maximum atomic E-state index is 12.7. The fraction of sp³-hybridized carbons (Fsp3) is 0.562. The Morgan fingerprint density at radius 2 is 2.13 bits per heavy atom. The van der Waals surface area contributed by atoms with Gasteiger partial charge in [-0.1, -0.05) is 12.1 Å². The van der Waals surface area contributed by atoms with Crippen LogP contribution in [0, 0.1) is 0 Å². The molecule has 0 amide bonds. The first-order valence-corrected chi connectivity index (χ1v) is 8.56. The van der Waals surface area contributed by atoms with Gasteiger partial charge in [0.05, 0.1) is 5.56 Å².